The van der Waals surface area contributed by atoms with Gasteiger partial charge in [-0.1, -0.05) is 61.8 Å². The molecule has 0 fully saturated rings. The fourth-order valence-electron chi connectivity index (χ4n) is 4.36. The molecule has 0 aliphatic carbocycles. The van der Waals surface area contributed by atoms with Gasteiger partial charge in [-0.15, -0.1) is 0 Å². The van der Waals surface area contributed by atoms with E-state index in [1.54, 1.807) is 6.33 Å². The summed E-state index contributed by atoms with van der Waals surface area (Å²) in [7, 11) is 1.95. The molecule has 0 radical (unpaired) electrons. The summed E-state index contributed by atoms with van der Waals surface area (Å²) >= 11 is 6.20. The molecule has 6 nitrogen and oxygen atoms in total. The Morgan fingerprint density at radius 1 is 1.09 bits per heavy atom. The molecule has 0 N–H and O–H groups in total. The molecular formula is C28H27ClN4O2. The molecule has 3 heterocycles. The maximum absolute atomic E-state index is 13.1. The zero-order chi connectivity index (χ0) is 24.9. The number of carbonyl (C=O) groups is 1. The molecule has 0 saturated heterocycles. The molecule has 35 heavy (non-hydrogen) atoms. The number of aliphatic imine (C=N–C) groups is 1. The number of carbonyl (C=O) groups excluding carboxylic acids is 1. The van der Waals surface area contributed by atoms with Crippen molar-refractivity contribution in [3.05, 3.63) is 82.6 Å². The van der Waals surface area contributed by atoms with Crippen LogP contribution >= 0.6 is 11.6 Å². The number of imidazole rings is 1. The third-order valence-corrected chi connectivity index (χ3v) is 6.61. The van der Waals surface area contributed by atoms with Gasteiger partial charge in [0.1, 0.15) is 11.8 Å². The zero-order valence-electron chi connectivity index (χ0n) is 20.5. The van der Waals surface area contributed by atoms with Gasteiger partial charge in [0.15, 0.2) is 5.76 Å². The van der Waals surface area contributed by atoms with Crippen molar-refractivity contribution in [1.82, 2.24) is 14.7 Å². The van der Waals surface area contributed by atoms with E-state index in [9.17, 15) is 4.79 Å². The summed E-state index contributed by atoms with van der Waals surface area (Å²) < 4.78 is 7.75. The number of rotatable bonds is 4. The highest BCUT2D eigenvalue weighted by atomic mass is 35.5. The van der Waals surface area contributed by atoms with Crippen molar-refractivity contribution in [1.29, 1.82) is 0 Å². The molecule has 178 valence electrons. The van der Waals surface area contributed by atoms with E-state index in [0.717, 1.165) is 44.9 Å². The van der Waals surface area contributed by atoms with E-state index in [1.165, 1.54) is 0 Å². The van der Waals surface area contributed by atoms with Gasteiger partial charge in [-0.3, -0.25) is 9.79 Å². The van der Waals surface area contributed by atoms with E-state index in [1.807, 2.05) is 69.8 Å². The Bertz CT molecular complexity index is 1460. The fraction of sp³-hybridized carbons (Fsp3) is 0.286. The van der Waals surface area contributed by atoms with E-state index in [2.05, 4.69) is 28.3 Å². The quantitative estimate of drug-likeness (QED) is 0.325. The number of fused-ring (bicyclic) bond motifs is 3. The molecule has 0 spiro atoms. The Balaban J connectivity index is 1.76. The van der Waals surface area contributed by atoms with Crippen LogP contribution in [0.4, 0.5) is 0 Å². The normalized spacial score (nSPS) is 15.3. The predicted octanol–water partition coefficient (Wildman–Crippen LogP) is 6.60. The van der Waals surface area contributed by atoms with E-state index in [4.69, 9.17) is 21.1 Å². The summed E-state index contributed by atoms with van der Waals surface area (Å²) in [5, 5.41) is 4.91. The molecule has 1 aliphatic rings. The lowest BCUT2D eigenvalue weighted by Crippen LogP contribution is -2.22. The topological polar surface area (TPSA) is 73.3 Å². The van der Waals surface area contributed by atoms with Crippen LogP contribution in [-0.4, -0.2) is 26.2 Å². The summed E-state index contributed by atoms with van der Waals surface area (Å²) in [6, 6.07) is 13.4. The number of nitrogens with zero attached hydrogens (tertiary/aromatic N) is 4. The van der Waals surface area contributed by atoms with Crippen LogP contribution in [0.15, 0.2) is 64.5 Å². The molecule has 2 aromatic carbocycles. The van der Waals surface area contributed by atoms with E-state index in [-0.39, 0.29) is 12.2 Å². The summed E-state index contributed by atoms with van der Waals surface area (Å²) in [6.45, 7) is 7.71. The number of aromatic nitrogens is 3. The second-order valence-electron chi connectivity index (χ2n) is 10.1. The minimum Gasteiger partial charge on any atom is -0.358 e. The van der Waals surface area contributed by atoms with Crippen LogP contribution in [-0.2, 0) is 11.8 Å². The lowest BCUT2D eigenvalue weighted by molar-refractivity contribution is -0.126. The van der Waals surface area contributed by atoms with Gasteiger partial charge in [0.05, 0.1) is 29.0 Å². The zero-order valence-corrected chi connectivity index (χ0v) is 21.2. The second kappa shape index (κ2) is 8.61. The summed E-state index contributed by atoms with van der Waals surface area (Å²) in [4.78, 5) is 22.8. The second-order valence-corrected chi connectivity index (χ2v) is 10.5. The Morgan fingerprint density at radius 3 is 2.46 bits per heavy atom. The van der Waals surface area contributed by atoms with Gasteiger partial charge in [0.25, 0.3) is 0 Å². The Hall–Kier alpha value is -3.51. The summed E-state index contributed by atoms with van der Waals surface area (Å²) in [5.74, 6) is 0.734. The first kappa shape index (κ1) is 23.2. The van der Waals surface area contributed by atoms with Crippen LogP contribution in [0, 0.1) is 12.3 Å². The summed E-state index contributed by atoms with van der Waals surface area (Å²) in [6.07, 6.45) is 3.99. The maximum atomic E-state index is 13.1. The van der Waals surface area contributed by atoms with E-state index >= 15 is 0 Å². The van der Waals surface area contributed by atoms with Gasteiger partial charge in [0, 0.05) is 46.8 Å². The largest absolute Gasteiger partial charge is 0.358 e. The van der Waals surface area contributed by atoms with Crippen molar-refractivity contribution in [3.8, 4) is 22.4 Å². The Morgan fingerprint density at radius 2 is 1.80 bits per heavy atom. The first-order valence-corrected chi connectivity index (χ1v) is 12.0. The van der Waals surface area contributed by atoms with Crippen LogP contribution in [0.5, 0.6) is 0 Å². The van der Waals surface area contributed by atoms with Gasteiger partial charge < -0.3 is 9.09 Å². The molecule has 1 atom stereocenters. The van der Waals surface area contributed by atoms with Crippen molar-refractivity contribution in [2.24, 2.45) is 17.5 Å². The van der Waals surface area contributed by atoms with E-state index < -0.39 is 11.5 Å². The average Bonchev–Trinajstić information content (AvgIpc) is 3.38. The van der Waals surface area contributed by atoms with Crippen LogP contribution in [0.25, 0.3) is 22.4 Å². The van der Waals surface area contributed by atoms with Crippen molar-refractivity contribution in [2.45, 2.75) is 40.2 Å². The highest BCUT2D eigenvalue weighted by Gasteiger charge is 2.34. The fourth-order valence-corrected chi connectivity index (χ4v) is 4.49. The first-order chi connectivity index (χ1) is 16.6. The van der Waals surface area contributed by atoms with Crippen molar-refractivity contribution in [3.63, 3.8) is 0 Å². The van der Waals surface area contributed by atoms with Crippen molar-refractivity contribution < 1.29 is 9.32 Å². The maximum Gasteiger partial charge on any atom is 0.169 e. The van der Waals surface area contributed by atoms with Gasteiger partial charge in [-0.2, -0.15) is 0 Å². The lowest BCUT2D eigenvalue weighted by Gasteiger charge is -2.19. The molecule has 2 aromatic heterocycles. The standard InChI is InChI=1S/C28H27ClN4O2/c1-16-25-20-11-8-18(23-14-33(5)15-30-23)12-21(20)26(17-6-9-19(29)10-7-17)31-22(27(25)35-32-16)13-24(34)28(2,3)4/h6-12,14-15,22H,13H2,1-5H3/t22-/m0/s1. The molecule has 5 rings (SSSR count). The first-order valence-electron chi connectivity index (χ1n) is 11.6. The number of hydrogen-bond donors (Lipinski definition) is 0. The predicted molar refractivity (Wildman–Crippen MR) is 138 cm³/mol. The number of ketones is 1. The monoisotopic (exact) mass is 486 g/mol. The minimum absolute atomic E-state index is 0.113. The van der Waals surface area contributed by atoms with Crippen LogP contribution in [0.2, 0.25) is 5.02 Å². The lowest BCUT2D eigenvalue weighted by atomic mass is 9.86. The van der Waals surface area contributed by atoms with Crippen LogP contribution in [0.3, 0.4) is 0 Å². The molecule has 0 saturated carbocycles. The SMILES string of the molecule is Cc1noc2c1-c1ccc(-c3cn(C)cn3)cc1C(c1ccc(Cl)cc1)=N[C@H]2CC(=O)C(C)(C)C. The highest BCUT2D eigenvalue weighted by molar-refractivity contribution is 6.30. The molecule has 0 amide bonds. The van der Waals surface area contributed by atoms with Gasteiger partial charge >= 0.3 is 0 Å². The van der Waals surface area contributed by atoms with Crippen LogP contribution in [0.1, 0.15) is 55.8 Å². The third kappa shape index (κ3) is 4.34. The molecule has 4 aromatic rings. The van der Waals surface area contributed by atoms with Crippen molar-refractivity contribution >= 4 is 23.1 Å². The number of halogens is 1. The molecule has 0 bridgehead atoms. The third-order valence-electron chi connectivity index (χ3n) is 6.35. The van der Waals surface area contributed by atoms with Gasteiger partial charge in [-0.25, -0.2) is 4.98 Å². The average molecular weight is 487 g/mol. The number of hydrogen-bond acceptors (Lipinski definition) is 5. The highest BCUT2D eigenvalue weighted by Crippen LogP contribution is 2.42. The molecule has 7 heteroatoms. The summed E-state index contributed by atoms with van der Waals surface area (Å²) in [5.41, 5.74) is 6.63. The van der Waals surface area contributed by atoms with Gasteiger partial charge in [0.2, 0.25) is 0 Å². The number of Topliss-reactive ketones (excluding diaryl/α,β-unsaturated/α-hetero) is 1. The number of aryl methyl sites for hydroxylation is 2. The van der Waals surface area contributed by atoms with Gasteiger partial charge in [-0.05, 0) is 30.7 Å². The Kier molecular flexibility index (Phi) is 5.72. The number of benzene rings is 2. The minimum atomic E-state index is -0.491. The molecule has 0 unspecified atom stereocenters. The van der Waals surface area contributed by atoms with Crippen molar-refractivity contribution in [2.75, 3.05) is 0 Å². The van der Waals surface area contributed by atoms with E-state index in [0.29, 0.717) is 10.8 Å². The molecule has 1 aliphatic heterocycles. The smallest absolute Gasteiger partial charge is 0.169 e. The van der Waals surface area contributed by atoms with Crippen LogP contribution < -0.4 is 0 Å². The Labute approximate surface area is 209 Å². The molecular weight excluding hydrogens is 460 g/mol.